The van der Waals surface area contributed by atoms with E-state index in [4.69, 9.17) is 11.5 Å². The van der Waals surface area contributed by atoms with E-state index in [-0.39, 0.29) is 56.2 Å². The number of aliphatic hydroxyl groups is 2. The number of nitrogen functional groups attached to an aromatic ring is 2. The Balaban J connectivity index is -0.00000144. The number of rotatable bonds is 7. The lowest BCUT2D eigenvalue weighted by atomic mass is 9.98. The summed E-state index contributed by atoms with van der Waals surface area (Å²) in [4.78, 5) is 0. The quantitative estimate of drug-likeness (QED) is 0.277. The van der Waals surface area contributed by atoms with E-state index in [9.17, 15) is 10.2 Å². The van der Waals surface area contributed by atoms with Crippen LogP contribution in [-0.4, -0.2) is 28.6 Å². The average molecular weight is 462 g/mol. The number of anilines is 4. The van der Waals surface area contributed by atoms with Gasteiger partial charge < -0.3 is 32.3 Å². The van der Waals surface area contributed by atoms with Crippen molar-refractivity contribution in [2.24, 2.45) is 0 Å². The number of hydrogen-bond acceptors (Lipinski definition) is 6. The van der Waals surface area contributed by atoms with E-state index in [1.807, 2.05) is 24.3 Å². The number of hydrogen-bond donors (Lipinski definition) is 6. The molecule has 0 amide bonds. The molecule has 0 spiro atoms. The predicted octanol–water partition coefficient (Wildman–Crippen LogP) is 3.52. The van der Waals surface area contributed by atoms with Crippen molar-refractivity contribution < 1.29 is 10.2 Å². The second-order valence-corrected chi connectivity index (χ2v) is 5.61. The monoisotopic (exact) mass is 460 g/mol. The van der Waals surface area contributed by atoms with Gasteiger partial charge in [0.2, 0.25) is 0 Å². The Kier molecular flexibility index (Phi) is 15.6. The zero-order valence-corrected chi connectivity index (χ0v) is 18.1. The van der Waals surface area contributed by atoms with Crippen LogP contribution in [0, 0.1) is 0 Å². The average Bonchev–Trinajstić information content (AvgIpc) is 2.52. The van der Waals surface area contributed by atoms with Crippen molar-refractivity contribution in [2.45, 2.75) is 25.1 Å². The molecule has 0 aliphatic carbocycles. The number of benzene rings is 2. The Morgan fingerprint density at radius 2 is 1.15 bits per heavy atom. The van der Waals surface area contributed by atoms with Gasteiger partial charge in [0.25, 0.3) is 0 Å². The van der Waals surface area contributed by atoms with Crippen LogP contribution in [0.3, 0.4) is 0 Å². The van der Waals surface area contributed by atoms with Crippen LogP contribution in [0.15, 0.2) is 48.5 Å². The van der Waals surface area contributed by atoms with Crippen molar-refractivity contribution in [2.75, 3.05) is 28.7 Å². The maximum atomic E-state index is 10.3. The summed E-state index contributed by atoms with van der Waals surface area (Å²) in [5.74, 6) is 0. The van der Waals surface area contributed by atoms with Gasteiger partial charge in [-0.15, -0.1) is 49.6 Å². The standard InChI is InChI=1S/C17H24N4O2.4ClH/c1-12(23)17(10-11-22,20-15-6-2-13(18)3-7-15)21-16-8-4-14(19)5-9-16;;;;/h2-9,12,20-23H,10-11,18-19H2,1H3;4*1H. The van der Waals surface area contributed by atoms with E-state index >= 15 is 0 Å². The SMILES string of the molecule is CC(O)C(CCO)(Nc1ccc(N)cc1)Nc1ccc(N)cc1.Cl.Cl.Cl.Cl. The molecular weight excluding hydrogens is 434 g/mol. The molecule has 27 heavy (non-hydrogen) atoms. The van der Waals surface area contributed by atoms with Crippen molar-refractivity contribution in [1.82, 2.24) is 0 Å². The maximum Gasteiger partial charge on any atom is 0.136 e. The molecule has 6 nitrogen and oxygen atoms in total. The topological polar surface area (TPSA) is 117 Å². The van der Waals surface area contributed by atoms with E-state index in [1.165, 1.54) is 0 Å². The van der Waals surface area contributed by atoms with Gasteiger partial charge in [0.05, 0.1) is 6.10 Å². The Morgan fingerprint density at radius 3 is 1.41 bits per heavy atom. The smallest absolute Gasteiger partial charge is 0.136 e. The van der Waals surface area contributed by atoms with E-state index < -0.39 is 11.8 Å². The molecule has 2 rings (SSSR count). The van der Waals surface area contributed by atoms with E-state index in [0.29, 0.717) is 17.8 Å². The zero-order valence-electron chi connectivity index (χ0n) is 14.8. The molecule has 2 aromatic carbocycles. The summed E-state index contributed by atoms with van der Waals surface area (Å²) in [5.41, 5.74) is 13.4. The summed E-state index contributed by atoms with van der Waals surface area (Å²) in [6, 6.07) is 14.4. The Morgan fingerprint density at radius 1 is 0.815 bits per heavy atom. The molecular formula is C17H28Cl4N4O2. The minimum atomic E-state index is -0.930. The fourth-order valence-electron chi connectivity index (χ4n) is 2.40. The van der Waals surface area contributed by atoms with Crippen molar-refractivity contribution >= 4 is 72.4 Å². The van der Waals surface area contributed by atoms with Gasteiger partial charge in [-0.2, -0.15) is 0 Å². The van der Waals surface area contributed by atoms with Crippen LogP contribution in [0.2, 0.25) is 0 Å². The Bertz CT molecular complexity index is 580. The fraction of sp³-hybridized carbons (Fsp3) is 0.294. The molecule has 1 unspecified atom stereocenters. The van der Waals surface area contributed by atoms with E-state index in [2.05, 4.69) is 10.6 Å². The van der Waals surface area contributed by atoms with Crippen molar-refractivity contribution in [3.05, 3.63) is 48.5 Å². The molecule has 8 N–H and O–H groups in total. The van der Waals surface area contributed by atoms with Gasteiger partial charge in [-0.1, -0.05) is 0 Å². The molecule has 0 aliphatic heterocycles. The van der Waals surface area contributed by atoms with Crippen LogP contribution in [0.4, 0.5) is 22.7 Å². The number of nitrogens with one attached hydrogen (secondary N) is 2. The first-order chi connectivity index (χ1) is 10.9. The van der Waals surface area contributed by atoms with E-state index in [1.54, 1.807) is 31.2 Å². The van der Waals surface area contributed by atoms with Crippen LogP contribution in [-0.2, 0) is 0 Å². The highest BCUT2D eigenvalue weighted by Gasteiger charge is 2.35. The molecule has 156 valence electrons. The maximum absolute atomic E-state index is 10.3. The normalized spacial score (nSPS) is 10.8. The van der Waals surface area contributed by atoms with Crippen molar-refractivity contribution in [1.29, 1.82) is 0 Å². The summed E-state index contributed by atoms with van der Waals surface area (Å²) in [7, 11) is 0. The largest absolute Gasteiger partial charge is 0.399 e. The third-order valence-corrected chi connectivity index (χ3v) is 3.78. The van der Waals surface area contributed by atoms with Gasteiger partial charge in [0, 0.05) is 35.8 Å². The van der Waals surface area contributed by atoms with Crippen LogP contribution in [0.1, 0.15) is 13.3 Å². The van der Waals surface area contributed by atoms with Gasteiger partial charge in [0.1, 0.15) is 5.66 Å². The molecule has 10 heteroatoms. The number of nitrogens with two attached hydrogens (primary N) is 2. The summed E-state index contributed by atoms with van der Waals surface area (Å²) < 4.78 is 0. The summed E-state index contributed by atoms with van der Waals surface area (Å²) in [6.45, 7) is 1.58. The second-order valence-electron chi connectivity index (χ2n) is 5.61. The minimum Gasteiger partial charge on any atom is -0.399 e. The third kappa shape index (κ3) is 8.51. The summed E-state index contributed by atoms with van der Waals surface area (Å²) in [6.07, 6.45) is -0.468. The minimum absolute atomic E-state index is 0. The fourth-order valence-corrected chi connectivity index (χ4v) is 2.40. The predicted molar refractivity (Wildman–Crippen MR) is 124 cm³/mol. The van der Waals surface area contributed by atoms with Gasteiger partial charge in [-0.3, -0.25) is 0 Å². The highest BCUT2D eigenvalue weighted by atomic mass is 35.5. The van der Waals surface area contributed by atoms with Crippen LogP contribution in [0.5, 0.6) is 0 Å². The summed E-state index contributed by atoms with van der Waals surface area (Å²) >= 11 is 0. The zero-order chi connectivity index (χ0) is 16.9. The lowest BCUT2D eigenvalue weighted by Crippen LogP contribution is -2.55. The molecule has 0 radical (unpaired) electrons. The van der Waals surface area contributed by atoms with Gasteiger partial charge in [-0.05, 0) is 55.5 Å². The second kappa shape index (κ2) is 13.8. The lowest BCUT2D eigenvalue weighted by Gasteiger charge is -2.39. The molecule has 0 aromatic heterocycles. The molecule has 0 saturated carbocycles. The lowest BCUT2D eigenvalue weighted by molar-refractivity contribution is 0.108. The van der Waals surface area contributed by atoms with Crippen LogP contribution < -0.4 is 22.1 Å². The molecule has 1 atom stereocenters. The number of halogens is 4. The molecule has 0 fully saturated rings. The van der Waals surface area contributed by atoms with E-state index in [0.717, 1.165) is 11.4 Å². The van der Waals surface area contributed by atoms with Crippen molar-refractivity contribution in [3.8, 4) is 0 Å². The molecule has 0 saturated heterocycles. The summed E-state index contributed by atoms with van der Waals surface area (Å²) in [5, 5.41) is 26.4. The van der Waals surface area contributed by atoms with Crippen LogP contribution in [0.25, 0.3) is 0 Å². The first kappa shape index (κ1) is 30.4. The Hall–Kier alpha value is -1.28. The first-order valence-electron chi connectivity index (χ1n) is 7.51. The molecule has 2 aromatic rings. The van der Waals surface area contributed by atoms with Crippen molar-refractivity contribution in [3.63, 3.8) is 0 Å². The van der Waals surface area contributed by atoms with Gasteiger partial charge >= 0.3 is 0 Å². The highest BCUT2D eigenvalue weighted by molar-refractivity contribution is 5.86. The molecule has 0 aliphatic rings. The molecule has 0 bridgehead atoms. The van der Waals surface area contributed by atoms with Gasteiger partial charge in [0.15, 0.2) is 0 Å². The Labute approximate surface area is 184 Å². The van der Waals surface area contributed by atoms with Gasteiger partial charge in [-0.25, -0.2) is 0 Å². The number of aliphatic hydroxyl groups excluding tert-OH is 2. The first-order valence-corrected chi connectivity index (χ1v) is 7.51. The third-order valence-electron chi connectivity index (χ3n) is 3.78. The highest BCUT2D eigenvalue weighted by Crippen LogP contribution is 2.26. The van der Waals surface area contributed by atoms with Crippen LogP contribution >= 0.6 is 49.6 Å². The molecule has 0 heterocycles.